The Labute approximate surface area is 219 Å². The Morgan fingerprint density at radius 2 is 1.54 bits per heavy atom. The van der Waals surface area contributed by atoms with Crippen molar-refractivity contribution in [3.8, 4) is 5.75 Å². The van der Waals surface area contributed by atoms with E-state index in [-0.39, 0.29) is 21.7 Å². The average molecular weight is 554 g/mol. The van der Waals surface area contributed by atoms with Crippen molar-refractivity contribution in [2.45, 2.75) is 49.0 Å². The van der Waals surface area contributed by atoms with Crippen molar-refractivity contribution in [2.75, 3.05) is 43.9 Å². The first-order valence-electron chi connectivity index (χ1n) is 11.9. The van der Waals surface area contributed by atoms with Crippen molar-refractivity contribution in [3.05, 3.63) is 42.5 Å². The second-order valence-corrected chi connectivity index (χ2v) is 13.9. The van der Waals surface area contributed by atoms with Gasteiger partial charge in [-0.05, 0) is 70.0 Å². The molecule has 1 heterocycles. The molecule has 1 N–H and O–H groups in total. The van der Waals surface area contributed by atoms with Crippen LogP contribution < -0.4 is 14.4 Å². The molecule has 12 heteroatoms. The number of hydrogen-bond acceptors (Lipinski definition) is 8. The van der Waals surface area contributed by atoms with Crippen LogP contribution in [-0.4, -0.2) is 67.0 Å². The van der Waals surface area contributed by atoms with Gasteiger partial charge in [-0.1, -0.05) is 0 Å². The molecule has 10 nitrogen and oxygen atoms in total. The smallest absolute Gasteiger partial charge is 0.309 e. The lowest BCUT2D eigenvalue weighted by atomic mass is 9.96. The van der Waals surface area contributed by atoms with Gasteiger partial charge in [-0.2, -0.15) is 0 Å². The molecule has 37 heavy (non-hydrogen) atoms. The van der Waals surface area contributed by atoms with Crippen LogP contribution in [0.5, 0.6) is 5.75 Å². The van der Waals surface area contributed by atoms with Gasteiger partial charge in [0.15, 0.2) is 0 Å². The molecular weight excluding hydrogens is 518 g/mol. The minimum absolute atomic E-state index is 0.00798. The fourth-order valence-corrected chi connectivity index (χ4v) is 5.91. The second kappa shape index (κ2) is 10.9. The Bertz CT molecular complexity index is 1330. The lowest BCUT2D eigenvalue weighted by Gasteiger charge is -2.35. The molecular formula is C25H35N3O7S2. The number of nitrogens with zero attached hydrogens (tertiary/aromatic N) is 2. The molecule has 0 spiro atoms. The molecule has 1 aliphatic rings. The number of anilines is 2. The maximum absolute atomic E-state index is 13.2. The van der Waals surface area contributed by atoms with Gasteiger partial charge in [0.2, 0.25) is 10.0 Å². The number of benzene rings is 2. The lowest BCUT2D eigenvalue weighted by Crippen LogP contribution is -2.39. The third kappa shape index (κ3) is 6.93. The summed E-state index contributed by atoms with van der Waals surface area (Å²) in [4.78, 5) is 14.4. The number of methoxy groups -OCH3 is 1. The van der Waals surface area contributed by atoms with Gasteiger partial charge < -0.3 is 14.4 Å². The van der Waals surface area contributed by atoms with E-state index in [2.05, 4.69) is 4.72 Å². The van der Waals surface area contributed by atoms with Crippen LogP contribution in [0, 0.1) is 5.92 Å². The van der Waals surface area contributed by atoms with Crippen LogP contribution in [0.15, 0.2) is 52.3 Å². The average Bonchev–Trinajstić information content (AvgIpc) is 2.82. The third-order valence-electron chi connectivity index (χ3n) is 5.94. The van der Waals surface area contributed by atoms with Crippen molar-refractivity contribution in [1.82, 2.24) is 4.31 Å². The molecule has 0 aromatic heterocycles. The summed E-state index contributed by atoms with van der Waals surface area (Å²) in [6.45, 7) is 6.60. The SMILES string of the molecule is COc1ccc(N2CCC(C(=O)OC(C)(C)C)CC2)c(NS(=O)(=O)c2ccc(S(=O)(=O)N(C)C)cc2)c1. The van der Waals surface area contributed by atoms with Crippen LogP contribution in [0.2, 0.25) is 0 Å². The standard InChI is InChI=1S/C25H35N3O7S2/c1-25(2,3)35-24(29)18-13-15-28(16-14-18)23-12-7-19(34-6)17-22(23)26-36(30,31)20-8-10-21(11-9-20)37(32,33)27(4)5/h7-12,17-18,26H,13-16H2,1-6H3. The molecule has 1 fully saturated rings. The molecule has 0 unspecified atom stereocenters. The Balaban J connectivity index is 1.82. The number of carbonyl (C=O) groups excluding carboxylic acids is 1. The first kappa shape index (κ1) is 28.7. The summed E-state index contributed by atoms with van der Waals surface area (Å²) >= 11 is 0. The lowest BCUT2D eigenvalue weighted by molar-refractivity contribution is -0.160. The van der Waals surface area contributed by atoms with Crippen molar-refractivity contribution in [3.63, 3.8) is 0 Å². The summed E-state index contributed by atoms with van der Waals surface area (Å²) in [5.74, 6) is 0.0332. The first-order chi connectivity index (χ1) is 17.1. The molecule has 0 amide bonds. The van der Waals surface area contributed by atoms with Gasteiger partial charge in [0.05, 0.1) is 34.2 Å². The monoisotopic (exact) mass is 553 g/mol. The van der Waals surface area contributed by atoms with E-state index in [1.807, 2.05) is 25.7 Å². The van der Waals surface area contributed by atoms with Crippen LogP contribution in [0.4, 0.5) is 11.4 Å². The van der Waals surface area contributed by atoms with Gasteiger partial charge in [0.25, 0.3) is 10.0 Å². The number of hydrogen-bond donors (Lipinski definition) is 1. The maximum atomic E-state index is 13.2. The van der Waals surface area contributed by atoms with E-state index < -0.39 is 25.6 Å². The molecule has 3 rings (SSSR count). The van der Waals surface area contributed by atoms with Crippen LogP contribution >= 0.6 is 0 Å². The summed E-state index contributed by atoms with van der Waals surface area (Å²) in [6, 6.07) is 10.1. The number of nitrogens with one attached hydrogen (secondary N) is 1. The normalized spacial score (nSPS) is 15.5. The zero-order valence-electron chi connectivity index (χ0n) is 22.0. The quantitative estimate of drug-likeness (QED) is 0.494. The van der Waals surface area contributed by atoms with E-state index in [1.165, 1.54) is 45.5 Å². The molecule has 0 saturated carbocycles. The van der Waals surface area contributed by atoms with Crippen molar-refractivity contribution >= 4 is 37.4 Å². The summed E-state index contributed by atoms with van der Waals surface area (Å²) in [6.07, 6.45) is 1.16. The summed E-state index contributed by atoms with van der Waals surface area (Å²) < 4.78 is 65.6. The maximum Gasteiger partial charge on any atom is 0.309 e. The highest BCUT2D eigenvalue weighted by molar-refractivity contribution is 7.92. The van der Waals surface area contributed by atoms with Crippen LogP contribution in [0.3, 0.4) is 0 Å². The van der Waals surface area contributed by atoms with Crippen molar-refractivity contribution in [2.24, 2.45) is 5.92 Å². The van der Waals surface area contributed by atoms with E-state index in [9.17, 15) is 21.6 Å². The first-order valence-corrected chi connectivity index (χ1v) is 14.8. The fraction of sp³-hybridized carbons (Fsp3) is 0.480. The predicted molar refractivity (Wildman–Crippen MR) is 142 cm³/mol. The largest absolute Gasteiger partial charge is 0.497 e. The highest BCUT2D eigenvalue weighted by Crippen LogP contribution is 2.35. The fourth-order valence-electron chi connectivity index (χ4n) is 3.95. The molecule has 1 saturated heterocycles. The molecule has 0 bridgehead atoms. The molecule has 0 radical (unpaired) electrons. The Morgan fingerprint density at radius 1 is 0.973 bits per heavy atom. The molecule has 2 aromatic rings. The zero-order chi connectivity index (χ0) is 27.6. The molecule has 1 aliphatic heterocycles. The van der Waals surface area contributed by atoms with Gasteiger partial charge in [0, 0.05) is 33.3 Å². The number of rotatable bonds is 8. The second-order valence-electron chi connectivity index (χ2n) is 10.0. The third-order valence-corrected chi connectivity index (χ3v) is 9.15. The Kier molecular flexibility index (Phi) is 8.45. The van der Waals surface area contributed by atoms with Crippen LogP contribution in [0.1, 0.15) is 33.6 Å². The summed E-state index contributed by atoms with van der Waals surface area (Å²) in [5, 5.41) is 0. The van der Waals surface area contributed by atoms with Gasteiger partial charge in [-0.3, -0.25) is 9.52 Å². The summed E-state index contributed by atoms with van der Waals surface area (Å²) in [7, 11) is -3.43. The van der Waals surface area contributed by atoms with Gasteiger partial charge >= 0.3 is 5.97 Å². The van der Waals surface area contributed by atoms with Crippen LogP contribution in [-0.2, 0) is 29.6 Å². The highest BCUT2D eigenvalue weighted by atomic mass is 32.2. The Morgan fingerprint density at radius 3 is 2.05 bits per heavy atom. The topological polar surface area (TPSA) is 122 Å². The van der Waals surface area contributed by atoms with Crippen molar-refractivity contribution in [1.29, 1.82) is 0 Å². The van der Waals surface area contributed by atoms with E-state index >= 15 is 0 Å². The Hall–Kier alpha value is -2.83. The molecule has 0 aliphatic carbocycles. The molecule has 204 valence electrons. The van der Waals surface area contributed by atoms with E-state index in [0.29, 0.717) is 43.1 Å². The molecule has 0 atom stereocenters. The predicted octanol–water partition coefficient (Wildman–Crippen LogP) is 3.30. The highest BCUT2D eigenvalue weighted by Gasteiger charge is 2.30. The van der Waals surface area contributed by atoms with Crippen LogP contribution in [0.25, 0.3) is 0 Å². The van der Waals surface area contributed by atoms with E-state index in [0.717, 1.165) is 4.31 Å². The number of esters is 1. The zero-order valence-corrected chi connectivity index (χ0v) is 23.6. The van der Waals surface area contributed by atoms with Gasteiger partial charge in [0.1, 0.15) is 11.4 Å². The van der Waals surface area contributed by atoms with Gasteiger partial charge in [-0.25, -0.2) is 21.1 Å². The minimum Gasteiger partial charge on any atom is -0.497 e. The van der Waals surface area contributed by atoms with E-state index in [4.69, 9.17) is 9.47 Å². The number of carbonyl (C=O) groups is 1. The number of piperidine rings is 1. The van der Waals surface area contributed by atoms with E-state index in [1.54, 1.807) is 18.2 Å². The van der Waals surface area contributed by atoms with Crippen molar-refractivity contribution < 1.29 is 31.1 Å². The molecule has 2 aromatic carbocycles. The number of ether oxygens (including phenoxy) is 2. The minimum atomic E-state index is -4.04. The summed E-state index contributed by atoms with van der Waals surface area (Å²) in [5.41, 5.74) is 0.420. The number of sulfonamides is 2. The van der Waals surface area contributed by atoms with Gasteiger partial charge in [-0.15, -0.1) is 0 Å².